The second-order valence-electron chi connectivity index (χ2n) is 4.71. The van der Waals surface area contributed by atoms with Crippen molar-refractivity contribution in [3.8, 4) is 0 Å². The second-order valence-corrected chi connectivity index (χ2v) is 6.46. The molecule has 0 aliphatic heterocycles. The van der Waals surface area contributed by atoms with Gasteiger partial charge >= 0.3 is 0 Å². The molecular weight excluding hydrogens is 348 g/mol. The molecule has 0 saturated carbocycles. The number of hydrogen-bond donors (Lipinski definition) is 1. The highest BCUT2D eigenvalue weighted by Crippen LogP contribution is 2.30. The van der Waals surface area contributed by atoms with Crippen molar-refractivity contribution in [3.05, 3.63) is 45.7 Å². The Balaban J connectivity index is 1.99. The first kappa shape index (κ1) is 14.3. The molecule has 0 spiro atoms. The number of fused-ring (bicyclic) bond motifs is 1. The molecule has 21 heavy (non-hydrogen) atoms. The molecule has 0 radical (unpaired) electrons. The molecular formula is C15H15BrN4S. The van der Waals surface area contributed by atoms with E-state index >= 15 is 0 Å². The molecule has 6 heteroatoms. The third kappa shape index (κ3) is 2.87. The van der Waals surface area contributed by atoms with Crippen molar-refractivity contribution in [3.63, 3.8) is 0 Å². The normalized spacial score (nSPS) is 10.8. The molecule has 0 bridgehead atoms. The van der Waals surface area contributed by atoms with Crippen LogP contribution >= 0.6 is 27.3 Å². The lowest BCUT2D eigenvalue weighted by molar-refractivity contribution is 0.898. The van der Waals surface area contributed by atoms with Crippen molar-refractivity contribution >= 4 is 49.2 Å². The summed E-state index contributed by atoms with van der Waals surface area (Å²) in [6.45, 7) is 0.784. The van der Waals surface area contributed by atoms with Gasteiger partial charge in [-0.1, -0.05) is 34.1 Å². The lowest BCUT2D eigenvalue weighted by atomic mass is 10.2. The van der Waals surface area contributed by atoms with Crippen LogP contribution in [0.15, 0.2) is 40.2 Å². The van der Waals surface area contributed by atoms with Gasteiger partial charge < -0.3 is 10.2 Å². The van der Waals surface area contributed by atoms with E-state index in [9.17, 15) is 0 Å². The number of hydrogen-bond acceptors (Lipinski definition) is 5. The van der Waals surface area contributed by atoms with E-state index in [0.29, 0.717) is 5.95 Å². The largest absolute Gasteiger partial charge is 0.357 e. The van der Waals surface area contributed by atoms with Gasteiger partial charge in [0.05, 0.1) is 5.39 Å². The van der Waals surface area contributed by atoms with Crippen molar-refractivity contribution < 1.29 is 0 Å². The molecule has 0 unspecified atom stereocenters. The average Bonchev–Trinajstić information content (AvgIpc) is 2.96. The average molecular weight is 363 g/mol. The highest BCUT2D eigenvalue weighted by molar-refractivity contribution is 9.10. The number of anilines is 2. The van der Waals surface area contributed by atoms with E-state index in [1.165, 1.54) is 5.56 Å². The molecule has 4 nitrogen and oxygen atoms in total. The quantitative estimate of drug-likeness (QED) is 0.757. The van der Waals surface area contributed by atoms with Gasteiger partial charge in [0, 0.05) is 25.1 Å². The summed E-state index contributed by atoms with van der Waals surface area (Å²) >= 11 is 5.23. The Morgan fingerprint density at radius 2 is 2.05 bits per heavy atom. The van der Waals surface area contributed by atoms with E-state index in [1.54, 1.807) is 11.3 Å². The van der Waals surface area contributed by atoms with Gasteiger partial charge in [0.1, 0.15) is 10.6 Å². The molecule has 0 atom stereocenters. The van der Waals surface area contributed by atoms with E-state index in [4.69, 9.17) is 0 Å². The maximum atomic E-state index is 4.61. The zero-order valence-corrected chi connectivity index (χ0v) is 14.2. The number of nitrogens with one attached hydrogen (secondary N) is 1. The molecule has 0 amide bonds. The van der Waals surface area contributed by atoms with Gasteiger partial charge in [-0.2, -0.15) is 4.98 Å². The first-order chi connectivity index (χ1) is 10.2. The molecule has 0 fully saturated rings. The van der Waals surface area contributed by atoms with Crippen LogP contribution < -0.4 is 10.2 Å². The summed E-state index contributed by atoms with van der Waals surface area (Å²) in [5.41, 5.74) is 1.23. The minimum atomic E-state index is 0.652. The smallest absolute Gasteiger partial charge is 0.225 e. The van der Waals surface area contributed by atoms with E-state index in [1.807, 2.05) is 19.2 Å². The predicted molar refractivity (Wildman–Crippen MR) is 93.2 cm³/mol. The molecule has 1 aromatic carbocycles. The Labute approximate surface area is 136 Å². The van der Waals surface area contributed by atoms with Crippen molar-refractivity contribution in [1.29, 1.82) is 0 Å². The number of thiophene rings is 1. The Hall–Kier alpha value is -1.66. The lowest BCUT2D eigenvalue weighted by Gasteiger charge is -2.20. The van der Waals surface area contributed by atoms with E-state index in [2.05, 4.69) is 66.7 Å². The first-order valence-corrected chi connectivity index (χ1v) is 8.24. The second kappa shape index (κ2) is 5.99. The van der Waals surface area contributed by atoms with Crippen LogP contribution in [0.4, 0.5) is 11.8 Å². The van der Waals surface area contributed by atoms with Crippen molar-refractivity contribution in [1.82, 2.24) is 9.97 Å². The summed E-state index contributed by atoms with van der Waals surface area (Å²) in [5, 5.41) is 6.17. The van der Waals surface area contributed by atoms with Crippen LogP contribution in [0.25, 0.3) is 10.2 Å². The van der Waals surface area contributed by atoms with Crippen LogP contribution in [0.1, 0.15) is 5.56 Å². The van der Waals surface area contributed by atoms with Gasteiger partial charge in [-0.3, -0.25) is 0 Å². The van der Waals surface area contributed by atoms with E-state index < -0.39 is 0 Å². The molecule has 3 rings (SSSR count). The highest BCUT2D eigenvalue weighted by atomic mass is 79.9. The predicted octanol–water partition coefficient (Wildman–Crippen LogP) is 4.13. The Morgan fingerprint density at radius 1 is 1.24 bits per heavy atom. The fourth-order valence-electron chi connectivity index (χ4n) is 2.20. The van der Waals surface area contributed by atoms with Crippen LogP contribution in [0.5, 0.6) is 0 Å². The minimum absolute atomic E-state index is 0.652. The third-order valence-electron chi connectivity index (χ3n) is 3.26. The summed E-state index contributed by atoms with van der Waals surface area (Å²) in [7, 11) is 3.89. The fourth-order valence-corrected chi connectivity index (χ4v) is 3.37. The van der Waals surface area contributed by atoms with Gasteiger partial charge in [-0.05, 0) is 23.1 Å². The Morgan fingerprint density at radius 3 is 2.81 bits per heavy atom. The van der Waals surface area contributed by atoms with Crippen LogP contribution in [0, 0.1) is 0 Å². The number of aromatic nitrogens is 2. The molecule has 0 aliphatic rings. The monoisotopic (exact) mass is 362 g/mol. The maximum Gasteiger partial charge on any atom is 0.225 e. The Bertz CT molecular complexity index is 771. The zero-order chi connectivity index (χ0) is 14.8. The third-order valence-corrected chi connectivity index (χ3v) is 4.84. The molecule has 0 aliphatic carbocycles. The highest BCUT2D eigenvalue weighted by Gasteiger charge is 2.13. The molecule has 3 aromatic rings. The summed E-state index contributed by atoms with van der Waals surface area (Å²) < 4.78 is 1.11. The van der Waals surface area contributed by atoms with Crippen molar-refractivity contribution in [2.45, 2.75) is 6.54 Å². The van der Waals surface area contributed by atoms with Gasteiger partial charge in [-0.15, -0.1) is 11.3 Å². The van der Waals surface area contributed by atoms with Crippen LogP contribution in [-0.4, -0.2) is 24.1 Å². The van der Waals surface area contributed by atoms with Crippen LogP contribution in [-0.2, 0) is 6.54 Å². The molecule has 0 saturated heterocycles. The lowest BCUT2D eigenvalue weighted by Crippen LogP contribution is -2.19. The van der Waals surface area contributed by atoms with Gasteiger partial charge in [0.2, 0.25) is 5.95 Å². The summed E-state index contributed by atoms with van der Waals surface area (Å²) in [4.78, 5) is 12.2. The van der Waals surface area contributed by atoms with Crippen molar-refractivity contribution in [2.24, 2.45) is 0 Å². The standard InChI is InChI=1S/C15H15BrN4S/c1-17-15-18-13(11-7-8-21-14(11)19-15)20(2)9-10-5-3-4-6-12(10)16/h3-8H,9H2,1-2H3,(H,17,18,19). The fraction of sp³-hybridized carbons (Fsp3) is 0.200. The van der Waals surface area contributed by atoms with Crippen LogP contribution in [0.2, 0.25) is 0 Å². The zero-order valence-electron chi connectivity index (χ0n) is 11.8. The van der Waals surface area contributed by atoms with Gasteiger partial charge in [-0.25, -0.2) is 4.98 Å². The maximum absolute atomic E-state index is 4.61. The van der Waals surface area contributed by atoms with Gasteiger partial charge in [0.15, 0.2) is 0 Å². The molecule has 2 aromatic heterocycles. The number of halogens is 1. The summed E-state index contributed by atoms with van der Waals surface area (Å²) in [5.74, 6) is 1.60. The number of rotatable bonds is 4. The minimum Gasteiger partial charge on any atom is -0.357 e. The van der Waals surface area contributed by atoms with Gasteiger partial charge in [0.25, 0.3) is 0 Å². The Kier molecular flexibility index (Phi) is 4.07. The van der Waals surface area contributed by atoms with E-state index in [-0.39, 0.29) is 0 Å². The molecule has 2 heterocycles. The summed E-state index contributed by atoms with van der Waals surface area (Å²) in [6.07, 6.45) is 0. The number of nitrogens with zero attached hydrogens (tertiary/aromatic N) is 3. The molecule has 108 valence electrons. The van der Waals surface area contributed by atoms with Crippen molar-refractivity contribution in [2.75, 3.05) is 24.3 Å². The topological polar surface area (TPSA) is 41.1 Å². The first-order valence-electron chi connectivity index (χ1n) is 6.56. The van der Waals surface area contributed by atoms with Crippen LogP contribution in [0.3, 0.4) is 0 Å². The summed E-state index contributed by atoms with van der Waals surface area (Å²) in [6, 6.07) is 10.3. The van der Waals surface area contributed by atoms with E-state index in [0.717, 1.165) is 27.1 Å². The SMILES string of the molecule is CNc1nc(N(C)Cc2ccccc2Br)c2ccsc2n1. The number of benzene rings is 1. The molecule has 1 N–H and O–H groups in total.